The van der Waals surface area contributed by atoms with Gasteiger partial charge in [-0.2, -0.15) is 5.26 Å². The first kappa shape index (κ1) is 15.5. The Kier molecular flexibility index (Phi) is 5.85. The summed E-state index contributed by atoms with van der Waals surface area (Å²) in [5, 5.41) is 12.1. The number of ether oxygens (including phenoxy) is 1. The quantitative estimate of drug-likeness (QED) is 0.819. The van der Waals surface area contributed by atoms with E-state index in [2.05, 4.69) is 30.4 Å². The van der Waals surface area contributed by atoms with Crippen LogP contribution in [0.5, 0.6) is 5.75 Å². The standard InChI is InChI=1S/C16H24N2O/c1-13(18-4)11-14-5-7-15(8-6-14)19-10-9-16(2,3)12-17/h5-8,13,18H,9-11H2,1-4H3. The van der Waals surface area contributed by atoms with Crippen LogP contribution in [0, 0.1) is 16.7 Å². The van der Waals surface area contributed by atoms with Gasteiger partial charge in [-0.3, -0.25) is 0 Å². The molecule has 0 aliphatic rings. The molecule has 0 fully saturated rings. The Morgan fingerprint density at radius 3 is 2.47 bits per heavy atom. The highest BCUT2D eigenvalue weighted by Crippen LogP contribution is 2.20. The number of nitrogens with zero attached hydrogens (tertiary/aromatic N) is 1. The lowest BCUT2D eigenvalue weighted by Crippen LogP contribution is -2.23. The molecule has 19 heavy (non-hydrogen) atoms. The third kappa shape index (κ3) is 5.76. The fourth-order valence-electron chi connectivity index (χ4n) is 1.66. The van der Waals surface area contributed by atoms with Gasteiger partial charge in [-0.1, -0.05) is 12.1 Å². The number of rotatable bonds is 7. The number of benzene rings is 1. The van der Waals surface area contributed by atoms with Crippen LogP contribution in [0.15, 0.2) is 24.3 Å². The van der Waals surface area contributed by atoms with Gasteiger partial charge in [-0.25, -0.2) is 0 Å². The van der Waals surface area contributed by atoms with Crippen molar-refractivity contribution in [2.75, 3.05) is 13.7 Å². The predicted octanol–water partition coefficient (Wildman–Crippen LogP) is 3.16. The number of nitrogens with one attached hydrogen (secondary N) is 1. The third-order valence-corrected chi connectivity index (χ3v) is 3.26. The van der Waals surface area contributed by atoms with Gasteiger partial charge in [0.05, 0.1) is 18.1 Å². The maximum atomic E-state index is 8.92. The molecule has 0 aromatic heterocycles. The lowest BCUT2D eigenvalue weighted by Gasteiger charge is -2.15. The number of nitriles is 1. The van der Waals surface area contributed by atoms with Crippen molar-refractivity contribution >= 4 is 0 Å². The Labute approximate surface area is 116 Å². The zero-order chi connectivity index (χ0) is 14.3. The molecule has 1 N–H and O–H groups in total. The second-order valence-corrected chi connectivity index (χ2v) is 5.63. The molecule has 3 heteroatoms. The van der Waals surface area contributed by atoms with E-state index in [-0.39, 0.29) is 5.41 Å². The molecule has 1 atom stereocenters. The topological polar surface area (TPSA) is 45.0 Å². The number of hydrogen-bond donors (Lipinski definition) is 1. The van der Waals surface area contributed by atoms with Gasteiger partial charge < -0.3 is 10.1 Å². The minimum absolute atomic E-state index is 0.317. The van der Waals surface area contributed by atoms with E-state index in [1.165, 1.54) is 5.56 Å². The maximum Gasteiger partial charge on any atom is 0.119 e. The number of hydrogen-bond acceptors (Lipinski definition) is 3. The molecule has 1 aromatic carbocycles. The number of likely N-dealkylation sites (N-methyl/N-ethyl adjacent to an activating group) is 1. The normalized spacial score (nSPS) is 12.8. The highest BCUT2D eigenvalue weighted by molar-refractivity contribution is 5.27. The van der Waals surface area contributed by atoms with Gasteiger partial charge in [0.25, 0.3) is 0 Å². The van der Waals surface area contributed by atoms with Crippen molar-refractivity contribution in [2.24, 2.45) is 5.41 Å². The Morgan fingerprint density at radius 1 is 1.32 bits per heavy atom. The molecule has 3 nitrogen and oxygen atoms in total. The summed E-state index contributed by atoms with van der Waals surface area (Å²) in [7, 11) is 1.97. The summed E-state index contributed by atoms with van der Waals surface area (Å²) in [4.78, 5) is 0. The first-order valence-corrected chi connectivity index (χ1v) is 6.77. The van der Waals surface area contributed by atoms with Crippen molar-refractivity contribution in [3.8, 4) is 11.8 Å². The van der Waals surface area contributed by atoms with E-state index in [1.807, 2.05) is 33.0 Å². The van der Waals surface area contributed by atoms with Crippen molar-refractivity contribution in [3.63, 3.8) is 0 Å². The van der Waals surface area contributed by atoms with Crippen LogP contribution in [0.1, 0.15) is 32.8 Å². The predicted molar refractivity (Wildman–Crippen MR) is 78.2 cm³/mol. The first-order chi connectivity index (χ1) is 8.96. The average Bonchev–Trinajstić information content (AvgIpc) is 2.40. The monoisotopic (exact) mass is 260 g/mol. The van der Waals surface area contributed by atoms with Crippen molar-refractivity contribution in [1.29, 1.82) is 5.26 Å². The van der Waals surface area contributed by atoms with Gasteiger partial charge in [0, 0.05) is 6.04 Å². The molecule has 0 aliphatic heterocycles. The zero-order valence-electron chi connectivity index (χ0n) is 12.4. The molecule has 1 unspecified atom stereocenters. The third-order valence-electron chi connectivity index (χ3n) is 3.26. The summed E-state index contributed by atoms with van der Waals surface area (Å²) in [6.45, 7) is 6.60. The molecule has 0 aliphatic carbocycles. The van der Waals surface area contributed by atoms with Crippen LogP contribution in [-0.2, 0) is 6.42 Å². The van der Waals surface area contributed by atoms with E-state index < -0.39 is 0 Å². The first-order valence-electron chi connectivity index (χ1n) is 6.77. The van der Waals surface area contributed by atoms with Crippen LogP contribution >= 0.6 is 0 Å². The highest BCUT2D eigenvalue weighted by Gasteiger charge is 2.16. The second-order valence-electron chi connectivity index (χ2n) is 5.63. The minimum Gasteiger partial charge on any atom is -0.494 e. The van der Waals surface area contributed by atoms with E-state index in [9.17, 15) is 0 Å². The van der Waals surface area contributed by atoms with Crippen LogP contribution in [-0.4, -0.2) is 19.7 Å². The lowest BCUT2D eigenvalue weighted by atomic mass is 9.92. The fraction of sp³-hybridized carbons (Fsp3) is 0.562. The highest BCUT2D eigenvalue weighted by atomic mass is 16.5. The summed E-state index contributed by atoms with van der Waals surface area (Å²) in [5.74, 6) is 0.870. The maximum absolute atomic E-state index is 8.92. The van der Waals surface area contributed by atoms with Crippen molar-refractivity contribution in [1.82, 2.24) is 5.32 Å². The Hall–Kier alpha value is -1.53. The molecule has 0 heterocycles. The molecule has 0 radical (unpaired) electrons. The van der Waals surface area contributed by atoms with Gasteiger partial charge in [0.2, 0.25) is 0 Å². The van der Waals surface area contributed by atoms with Gasteiger partial charge in [-0.05, 0) is 58.4 Å². The van der Waals surface area contributed by atoms with Gasteiger partial charge in [0.1, 0.15) is 5.75 Å². The molecule has 1 aromatic rings. The summed E-state index contributed by atoms with van der Waals surface area (Å²) in [6, 6.07) is 10.9. The largest absolute Gasteiger partial charge is 0.494 e. The molecule has 0 spiro atoms. The van der Waals surface area contributed by atoms with E-state index in [0.29, 0.717) is 12.6 Å². The Morgan fingerprint density at radius 2 is 1.95 bits per heavy atom. The van der Waals surface area contributed by atoms with Crippen LogP contribution in [0.4, 0.5) is 0 Å². The summed E-state index contributed by atoms with van der Waals surface area (Å²) >= 11 is 0. The summed E-state index contributed by atoms with van der Waals surface area (Å²) in [6.07, 6.45) is 1.75. The Balaban J connectivity index is 2.43. The van der Waals surface area contributed by atoms with E-state index >= 15 is 0 Å². The van der Waals surface area contributed by atoms with Gasteiger partial charge in [-0.15, -0.1) is 0 Å². The van der Waals surface area contributed by atoms with E-state index in [4.69, 9.17) is 10.00 Å². The van der Waals surface area contributed by atoms with Crippen LogP contribution in [0.25, 0.3) is 0 Å². The molecular formula is C16H24N2O. The van der Waals surface area contributed by atoms with Crippen LogP contribution in [0.2, 0.25) is 0 Å². The second kappa shape index (κ2) is 7.16. The molecule has 1 rings (SSSR count). The summed E-state index contributed by atoms with van der Waals surface area (Å²) in [5.41, 5.74) is 0.980. The lowest BCUT2D eigenvalue weighted by molar-refractivity contribution is 0.264. The van der Waals surface area contributed by atoms with Gasteiger partial charge in [0.15, 0.2) is 0 Å². The fourth-order valence-corrected chi connectivity index (χ4v) is 1.66. The molecular weight excluding hydrogens is 236 g/mol. The van der Waals surface area contributed by atoms with Crippen LogP contribution in [0.3, 0.4) is 0 Å². The molecule has 0 saturated heterocycles. The molecule has 0 saturated carbocycles. The Bertz CT molecular complexity index is 417. The van der Waals surface area contributed by atoms with E-state index in [0.717, 1.165) is 18.6 Å². The van der Waals surface area contributed by atoms with Gasteiger partial charge >= 0.3 is 0 Å². The van der Waals surface area contributed by atoms with Crippen molar-refractivity contribution in [2.45, 2.75) is 39.7 Å². The van der Waals surface area contributed by atoms with E-state index in [1.54, 1.807) is 0 Å². The van der Waals surface area contributed by atoms with Crippen molar-refractivity contribution in [3.05, 3.63) is 29.8 Å². The van der Waals surface area contributed by atoms with Crippen molar-refractivity contribution < 1.29 is 4.74 Å². The SMILES string of the molecule is CNC(C)Cc1ccc(OCCC(C)(C)C#N)cc1. The molecule has 0 bridgehead atoms. The minimum atomic E-state index is -0.317. The molecule has 104 valence electrons. The van der Waals surface area contributed by atoms with Crippen LogP contribution < -0.4 is 10.1 Å². The zero-order valence-corrected chi connectivity index (χ0v) is 12.4. The summed E-state index contributed by atoms with van der Waals surface area (Å²) < 4.78 is 5.66. The smallest absolute Gasteiger partial charge is 0.119 e. The molecule has 0 amide bonds. The average molecular weight is 260 g/mol.